The van der Waals surface area contributed by atoms with E-state index in [4.69, 9.17) is 21.3 Å². The van der Waals surface area contributed by atoms with Gasteiger partial charge in [0.25, 0.3) is 0 Å². The Bertz CT molecular complexity index is 1170. The molecule has 1 aromatic carbocycles. The van der Waals surface area contributed by atoms with E-state index in [0.717, 1.165) is 22.2 Å². The van der Waals surface area contributed by atoms with Gasteiger partial charge in [-0.1, -0.05) is 17.7 Å². The molecule has 1 fully saturated rings. The number of benzene rings is 1. The van der Waals surface area contributed by atoms with Crippen molar-refractivity contribution in [3.8, 4) is 28.5 Å². The molecule has 0 radical (unpaired) electrons. The van der Waals surface area contributed by atoms with Gasteiger partial charge in [0.1, 0.15) is 17.1 Å². The Morgan fingerprint density at radius 2 is 2.07 bits per heavy atom. The molecule has 0 N–H and O–H groups in total. The molecule has 1 aliphatic rings. The molecule has 0 amide bonds. The molecule has 1 saturated carbocycles. The van der Waals surface area contributed by atoms with Gasteiger partial charge in [-0.3, -0.25) is 9.67 Å². The molecule has 3 heterocycles. The number of nitrogens with zero attached hydrogens (tertiary/aromatic N) is 5. The van der Waals surface area contributed by atoms with Crippen molar-refractivity contribution in [3.05, 3.63) is 53.9 Å². The zero-order valence-corrected chi connectivity index (χ0v) is 16.1. The fraction of sp³-hybridized carbons (Fsp3) is 0.238. The molecule has 5 rings (SSSR count). The highest BCUT2D eigenvalue weighted by Gasteiger charge is 2.23. The number of pyridine rings is 1. The van der Waals surface area contributed by atoms with Crippen molar-refractivity contribution in [2.45, 2.75) is 12.8 Å². The SMILES string of the molecule is Cn1ccc(-c2ncc(OCC3CC3)nc2-c2cc(Cl)c3ncccc3c2)n1. The molecule has 28 heavy (non-hydrogen) atoms. The molecular formula is C21H18ClN5O. The first-order valence-electron chi connectivity index (χ1n) is 9.22. The van der Waals surface area contributed by atoms with Crippen LogP contribution in [-0.2, 0) is 7.05 Å². The van der Waals surface area contributed by atoms with Crippen molar-refractivity contribution in [2.75, 3.05) is 6.61 Å². The zero-order valence-electron chi connectivity index (χ0n) is 15.3. The summed E-state index contributed by atoms with van der Waals surface area (Å²) >= 11 is 6.50. The van der Waals surface area contributed by atoms with Crippen LogP contribution in [0.3, 0.4) is 0 Å². The van der Waals surface area contributed by atoms with Crippen LogP contribution in [0.5, 0.6) is 5.88 Å². The predicted molar refractivity (Wildman–Crippen MR) is 108 cm³/mol. The number of fused-ring (bicyclic) bond motifs is 1. The Kier molecular flexibility index (Phi) is 4.20. The molecule has 140 valence electrons. The lowest BCUT2D eigenvalue weighted by Gasteiger charge is -2.11. The molecule has 0 bridgehead atoms. The van der Waals surface area contributed by atoms with Crippen LogP contribution in [0.2, 0.25) is 5.02 Å². The molecule has 7 heteroatoms. The summed E-state index contributed by atoms with van der Waals surface area (Å²) in [7, 11) is 1.88. The lowest BCUT2D eigenvalue weighted by molar-refractivity contribution is 0.287. The number of hydrogen-bond acceptors (Lipinski definition) is 5. The molecular weight excluding hydrogens is 374 g/mol. The number of aryl methyl sites for hydroxylation is 1. The van der Waals surface area contributed by atoms with Crippen LogP contribution in [-0.4, -0.2) is 31.3 Å². The maximum absolute atomic E-state index is 6.50. The van der Waals surface area contributed by atoms with Crippen molar-refractivity contribution < 1.29 is 4.74 Å². The van der Waals surface area contributed by atoms with E-state index in [9.17, 15) is 0 Å². The Balaban J connectivity index is 1.65. The van der Waals surface area contributed by atoms with Crippen LogP contribution in [0.4, 0.5) is 0 Å². The normalized spacial score (nSPS) is 13.8. The summed E-state index contributed by atoms with van der Waals surface area (Å²) < 4.78 is 7.61. The second-order valence-electron chi connectivity index (χ2n) is 7.07. The number of aromatic nitrogens is 5. The average Bonchev–Trinajstić information content (AvgIpc) is 3.45. The summed E-state index contributed by atoms with van der Waals surface area (Å²) in [6.45, 7) is 0.680. The smallest absolute Gasteiger partial charge is 0.232 e. The molecule has 0 atom stereocenters. The minimum absolute atomic E-state index is 0.518. The number of rotatable bonds is 5. The van der Waals surface area contributed by atoms with Gasteiger partial charge < -0.3 is 4.74 Å². The van der Waals surface area contributed by atoms with Crippen LogP contribution < -0.4 is 4.74 Å². The predicted octanol–water partition coefficient (Wildman–Crippen LogP) is 4.53. The van der Waals surface area contributed by atoms with Crippen molar-refractivity contribution in [1.29, 1.82) is 0 Å². The Hall–Kier alpha value is -2.99. The highest BCUT2D eigenvalue weighted by Crippen LogP contribution is 2.35. The highest BCUT2D eigenvalue weighted by atomic mass is 35.5. The first kappa shape index (κ1) is 17.1. The summed E-state index contributed by atoms with van der Waals surface area (Å²) in [5.41, 5.74) is 3.76. The van der Waals surface area contributed by atoms with E-state index in [1.165, 1.54) is 12.8 Å². The average molecular weight is 392 g/mol. The number of hydrogen-bond donors (Lipinski definition) is 0. The standard InChI is InChI=1S/C21H18ClN5O/c1-27-8-6-17(26-27)21-20(25-18(11-24-21)28-12-13-4-5-13)15-9-14-3-2-7-23-19(14)16(22)10-15/h2-3,6-11,13H,4-5,12H2,1H3. The number of ether oxygens (including phenoxy) is 1. The maximum atomic E-state index is 6.50. The first-order valence-corrected chi connectivity index (χ1v) is 9.60. The van der Waals surface area contributed by atoms with Gasteiger partial charge in [0.2, 0.25) is 5.88 Å². The zero-order chi connectivity index (χ0) is 19.1. The maximum Gasteiger partial charge on any atom is 0.232 e. The Morgan fingerprint density at radius 3 is 2.86 bits per heavy atom. The summed E-state index contributed by atoms with van der Waals surface area (Å²) in [4.78, 5) is 13.8. The van der Waals surface area contributed by atoms with Gasteiger partial charge in [-0.2, -0.15) is 5.10 Å². The van der Waals surface area contributed by atoms with Crippen molar-refractivity contribution >= 4 is 22.5 Å². The second kappa shape index (κ2) is 6.87. The van der Waals surface area contributed by atoms with Gasteiger partial charge >= 0.3 is 0 Å². The molecule has 0 saturated heterocycles. The van der Waals surface area contributed by atoms with E-state index in [1.807, 2.05) is 43.6 Å². The molecule has 6 nitrogen and oxygen atoms in total. The van der Waals surface area contributed by atoms with E-state index in [0.29, 0.717) is 34.8 Å². The van der Waals surface area contributed by atoms with E-state index < -0.39 is 0 Å². The third-order valence-electron chi connectivity index (χ3n) is 4.80. The lowest BCUT2D eigenvalue weighted by atomic mass is 10.0. The molecule has 1 aliphatic carbocycles. The van der Waals surface area contributed by atoms with Crippen LogP contribution in [0.25, 0.3) is 33.5 Å². The van der Waals surface area contributed by atoms with Crippen LogP contribution in [0.1, 0.15) is 12.8 Å². The van der Waals surface area contributed by atoms with E-state index in [-0.39, 0.29) is 0 Å². The summed E-state index contributed by atoms with van der Waals surface area (Å²) in [5.74, 6) is 1.16. The van der Waals surface area contributed by atoms with Gasteiger partial charge in [-0.05, 0) is 43.0 Å². The minimum Gasteiger partial charge on any atom is -0.476 e. The van der Waals surface area contributed by atoms with Crippen LogP contribution in [0, 0.1) is 5.92 Å². The van der Waals surface area contributed by atoms with E-state index in [1.54, 1.807) is 17.1 Å². The second-order valence-corrected chi connectivity index (χ2v) is 7.47. The molecule has 0 aliphatic heterocycles. The monoisotopic (exact) mass is 391 g/mol. The van der Waals surface area contributed by atoms with Gasteiger partial charge in [-0.15, -0.1) is 0 Å². The summed E-state index contributed by atoms with van der Waals surface area (Å²) in [5, 5.41) is 6.02. The summed E-state index contributed by atoms with van der Waals surface area (Å²) in [6.07, 6.45) is 7.73. The van der Waals surface area contributed by atoms with Gasteiger partial charge in [0.15, 0.2) is 0 Å². The van der Waals surface area contributed by atoms with Crippen molar-refractivity contribution in [2.24, 2.45) is 13.0 Å². The molecule has 3 aromatic heterocycles. The minimum atomic E-state index is 0.518. The first-order chi connectivity index (χ1) is 13.7. The van der Waals surface area contributed by atoms with Crippen LogP contribution >= 0.6 is 11.6 Å². The fourth-order valence-electron chi connectivity index (χ4n) is 3.14. The largest absolute Gasteiger partial charge is 0.476 e. The van der Waals surface area contributed by atoms with Crippen molar-refractivity contribution in [1.82, 2.24) is 24.7 Å². The van der Waals surface area contributed by atoms with E-state index in [2.05, 4.69) is 15.1 Å². The fourth-order valence-corrected chi connectivity index (χ4v) is 3.42. The summed E-state index contributed by atoms with van der Waals surface area (Å²) in [6, 6.07) is 9.69. The molecule has 4 aromatic rings. The van der Waals surface area contributed by atoms with Gasteiger partial charge in [0, 0.05) is 30.4 Å². The number of halogens is 1. The Morgan fingerprint density at radius 1 is 1.18 bits per heavy atom. The third-order valence-corrected chi connectivity index (χ3v) is 5.09. The highest BCUT2D eigenvalue weighted by molar-refractivity contribution is 6.35. The Labute approximate surface area is 167 Å². The lowest BCUT2D eigenvalue weighted by Crippen LogP contribution is -2.03. The van der Waals surface area contributed by atoms with Crippen molar-refractivity contribution in [3.63, 3.8) is 0 Å². The third kappa shape index (κ3) is 3.31. The van der Waals surface area contributed by atoms with E-state index >= 15 is 0 Å². The van der Waals surface area contributed by atoms with Gasteiger partial charge in [0.05, 0.1) is 23.3 Å². The van der Waals surface area contributed by atoms with Gasteiger partial charge in [-0.25, -0.2) is 9.97 Å². The topological polar surface area (TPSA) is 65.7 Å². The molecule has 0 unspecified atom stereocenters. The van der Waals surface area contributed by atoms with Crippen LogP contribution in [0.15, 0.2) is 48.9 Å². The molecule has 0 spiro atoms. The quantitative estimate of drug-likeness (QED) is 0.500.